The van der Waals surface area contributed by atoms with Gasteiger partial charge in [-0.1, -0.05) is 11.2 Å². The Hall–Kier alpha value is -2.10. The maximum Gasteiger partial charge on any atom is 0.163 e. The number of rotatable bonds is 3. The third-order valence-corrected chi connectivity index (χ3v) is 3.30. The number of nitrogens with zero attached hydrogens (tertiary/aromatic N) is 1. The minimum atomic E-state index is 0.212. The van der Waals surface area contributed by atoms with E-state index in [0.29, 0.717) is 18.8 Å². The third kappa shape index (κ3) is 2.52. The molecule has 0 N–H and O–H groups in total. The average molecular weight is 257 g/mol. The normalized spacial score (nSPS) is 14.3. The fraction of sp³-hybridized carbons (Fsp3) is 0.333. The molecule has 0 saturated heterocycles. The predicted molar refractivity (Wildman–Crippen MR) is 69.3 cm³/mol. The molecule has 0 aliphatic heterocycles. The molecule has 1 heterocycles. The molecule has 0 spiro atoms. The lowest BCUT2D eigenvalue weighted by molar-refractivity contribution is 0.0972. The summed E-state index contributed by atoms with van der Waals surface area (Å²) in [6.45, 7) is 2.19. The molecular weight excluding hydrogens is 242 g/mol. The van der Waals surface area contributed by atoms with E-state index < -0.39 is 0 Å². The summed E-state index contributed by atoms with van der Waals surface area (Å²) in [6.07, 6.45) is 2.56. The number of ether oxygens (including phenoxy) is 1. The zero-order valence-electron chi connectivity index (χ0n) is 10.8. The standard InChI is InChI=1S/C15H15NO3/c1-10-7-12(16-19-10)9-18-13-6-5-11-3-2-4-15(17)14(11)8-13/h5-8H,2-4,9H2,1H3. The van der Waals surface area contributed by atoms with Gasteiger partial charge in [0.15, 0.2) is 5.78 Å². The van der Waals surface area contributed by atoms with Crippen LogP contribution in [-0.4, -0.2) is 10.9 Å². The zero-order valence-corrected chi connectivity index (χ0v) is 10.8. The van der Waals surface area contributed by atoms with Crippen molar-refractivity contribution in [1.29, 1.82) is 0 Å². The molecule has 19 heavy (non-hydrogen) atoms. The van der Waals surface area contributed by atoms with Gasteiger partial charge in [0.1, 0.15) is 23.8 Å². The van der Waals surface area contributed by atoms with Crippen molar-refractivity contribution in [3.05, 3.63) is 46.8 Å². The summed E-state index contributed by atoms with van der Waals surface area (Å²) >= 11 is 0. The van der Waals surface area contributed by atoms with Gasteiger partial charge in [0.25, 0.3) is 0 Å². The number of ketones is 1. The molecule has 0 atom stereocenters. The first-order valence-electron chi connectivity index (χ1n) is 6.43. The van der Waals surface area contributed by atoms with Crippen LogP contribution in [0.1, 0.15) is 40.2 Å². The first-order chi connectivity index (χ1) is 9.22. The Balaban J connectivity index is 1.75. The van der Waals surface area contributed by atoms with E-state index in [1.54, 1.807) is 0 Å². The topological polar surface area (TPSA) is 52.3 Å². The second-order valence-electron chi connectivity index (χ2n) is 4.81. The second-order valence-corrected chi connectivity index (χ2v) is 4.81. The van der Waals surface area contributed by atoms with Gasteiger partial charge in [0.2, 0.25) is 0 Å². The van der Waals surface area contributed by atoms with E-state index in [-0.39, 0.29) is 5.78 Å². The molecule has 1 aliphatic rings. The number of hydrogen-bond acceptors (Lipinski definition) is 4. The van der Waals surface area contributed by atoms with Crippen molar-refractivity contribution in [3.63, 3.8) is 0 Å². The lowest BCUT2D eigenvalue weighted by atomic mass is 9.90. The maximum absolute atomic E-state index is 11.8. The SMILES string of the molecule is Cc1cc(COc2ccc3c(c2)C(=O)CCC3)no1. The number of aryl methyl sites for hydroxylation is 2. The first kappa shape index (κ1) is 12.0. The Labute approximate surface area is 111 Å². The highest BCUT2D eigenvalue weighted by Gasteiger charge is 2.17. The molecule has 4 nitrogen and oxygen atoms in total. The van der Waals surface area contributed by atoms with Crippen molar-refractivity contribution in [2.75, 3.05) is 0 Å². The van der Waals surface area contributed by atoms with Crippen LogP contribution in [0.3, 0.4) is 0 Å². The molecule has 1 aromatic heterocycles. The van der Waals surface area contributed by atoms with E-state index in [1.807, 2.05) is 31.2 Å². The van der Waals surface area contributed by atoms with Gasteiger partial charge >= 0.3 is 0 Å². The molecule has 98 valence electrons. The average Bonchev–Trinajstić information content (AvgIpc) is 2.83. The fourth-order valence-electron chi connectivity index (χ4n) is 2.34. The van der Waals surface area contributed by atoms with E-state index in [1.165, 1.54) is 0 Å². The Morgan fingerprint density at radius 1 is 1.32 bits per heavy atom. The Bertz CT molecular complexity index is 616. The maximum atomic E-state index is 11.8. The Morgan fingerprint density at radius 3 is 3.00 bits per heavy atom. The van der Waals surface area contributed by atoms with Crippen LogP contribution in [0.15, 0.2) is 28.8 Å². The summed E-state index contributed by atoms with van der Waals surface area (Å²) < 4.78 is 10.6. The van der Waals surface area contributed by atoms with Crippen LogP contribution in [0.4, 0.5) is 0 Å². The quantitative estimate of drug-likeness (QED) is 0.847. The van der Waals surface area contributed by atoms with Crippen LogP contribution in [0, 0.1) is 6.92 Å². The minimum Gasteiger partial charge on any atom is -0.487 e. The molecule has 4 heteroatoms. The summed E-state index contributed by atoms with van der Waals surface area (Å²) in [5, 5.41) is 3.87. The van der Waals surface area contributed by atoms with Gasteiger partial charge in [0, 0.05) is 18.1 Å². The smallest absolute Gasteiger partial charge is 0.163 e. The van der Waals surface area contributed by atoms with Crippen LogP contribution in [0.25, 0.3) is 0 Å². The fourth-order valence-corrected chi connectivity index (χ4v) is 2.34. The molecule has 0 saturated carbocycles. The molecule has 1 aromatic carbocycles. The zero-order chi connectivity index (χ0) is 13.2. The van der Waals surface area contributed by atoms with Gasteiger partial charge in [-0.25, -0.2) is 0 Å². The van der Waals surface area contributed by atoms with E-state index in [4.69, 9.17) is 9.26 Å². The van der Waals surface area contributed by atoms with Crippen LogP contribution in [0.5, 0.6) is 5.75 Å². The summed E-state index contributed by atoms with van der Waals surface area (Å²) in [5.74, 6) is 1.68. The van der Waals surface area contributed by atoms with E-state index in [2.05, 4.69) is 5.16 Å². The van der Waals surface area contributed by atoms with E-state index >= 15 is 0 Å². The number of fused-ring (bicyclic) bond motifs is 1. The number of benzene rings is 1. The van der Waals surface area contributed by atoms with Crippen molar-refractivity contribution in [3.8, 4) is 5.75 Å². The molecule has 0 fully saturated rings. The van der Waals surface area contributed by atoms with Gasteiger partial charge in [0.05, 0.1) is 0 Å². The summed E-state index contributed by atoms with van der Waals surface area (Å²) in [5.41, 5.74) is 2.68. The minimum absolute atomic E-state index is 0.212. The number of aromatic nitrogens is 1. The highest BCUT2D eigenvalue weighted by Crippen LogP contribution is 2.25. The summed E-state index contributed by atoms with van der Waals surface area (Å²) in [6, 6.07) is 7.56. The molecule has 0 radical (unpaired) electrons. The molecule has 0 unspecified atom stereocenters. The van der Waals surface area contributed by atoms with Gasteiger partial charge in [-0.3, -0.25) is 4.79 Å². The lowest BCUT2D eigenvalue weighted by Gasteiger charge is -2.15. The Kier molecular flexibility index (Phi) is 3.07. The third-order valence-electron chi connectivity index (χ3n) is 3.30. The van der Waals surface area contributed by atoms with Gasteiger partial charge < -0.3 is 9.26 Å². The van der Waals surface area contributed by atoms with Crippen LogP contribution < -0.4 is 4.74 Å². The van der Waals surface area contributed by atoms with Crippen molar-refractivity contribution < 1.29 is 14.1 Å². The largest absolute Gasteiger partial charge is 0.487 e. The first-order valence-corrected chi connectivity index (χ1v) is 6.43. The van der Waals surface area contributed by atoms with Crippen molar-refractivity contribution in [2.24, 2.45) is 0 Å². The predicted octanol–water partition coefficient (Wildman–Crippen LogP) is 3.08. The van der Waals surface area contributed by atoms with E-state index in [9.17, 15) is 4.79 Å². The molecule has 0 amide bonds. The van der Waals surface area contributed by atoms with Gasteiger partial charge in [-0.2, -0.15) is 0 Å². The molecular formula is C15H15NO3. The van der Waals surface area contributed by atoms with Gasteiger partial charge in [-0.05, 0) is 37.5 Å². The highest BCUT2D eigenvalue weighted by atomic mass is 16.5. The Morgan fingerprint density at radius 2 is 2.21 bits per heavy atom. The van der Waals surface area contributed by atoms with E-state index in [0.717, 1.165) is 35.4 Å². The van der Waals surface area contributed by atoms with Crippen LogP contribution in [0.2, 0.25) is 0 Å². The summed E-state index contributed by atoms with van der Waals surface area (Å²) in [4.78, 5) is 11.8. The van der Waals surface area contributed by atoms with Crippen LogP contribution >= 0.6 is 0 Å². The highest BCUT2D eigenvalue weighted by molar-refractivity contribution is 5.98. The number of carbonyl (C=O) groups is 1. The summed E-state index contributed by atoms with van der Waals surface area (Å²) in [7, 11) is 0. The lowest BCUT2D eigenvalue weighted by Crippen LogP contribution is -2.10. The van der Waals surface area contributed by atoms with Gasteiger partial charge in [-0.15, -0.1) is 0 Å². The monoisotopic (exact) mass is 257 g/mol. The molecule has 3 rings (SSSR count). The van der Waals surface area contributed by atoms with Crippen molar-refractivity contribution >= 4 is 5.78 Å². The molecule has 2 aromatic rings. The van der Waals surface area contributed by atoms with Crippen LogP contribution in [-0.2, 0) is 13.0 Å². The number of hydrogen-bond donors (Lipinski definition) is 0. The van der Waals surface area contributed by atoms with Crippen molar-refractivity contribution in [2.45, 2.75) is 32.8 Å². The second kappa shape index (κ2) is 4.88. The number of Topliss-reactive ketones (excluding diaryl/α,β-unsaturated/α-hetero) is 1. The van der Waals surface area contributed by atoms with Crippen molar-refractivity contribution in [1.82, 2.24) is 5.16 Å². The molecule has 1 aliphatic carbocycles. The molecule has 0 bridgehead atoms. The number of carbonyl (C=O) groups excluding carboxylic acids is 1.